The standard InChI is InChI=1S/C24H31N5O2S/c1-17(19-7-4-5-8-21(19)31-2)22(32-3)15-27-24-14-20(28-16-29-24)18-9-11-26-23(13-18)25-10-6-12-30/h4-5,7-9,11,13-14,16-17,22,30H,6,10,12,15H2,1-3H3,(H,25,26)(H,27,28,29)/t17-,22?/m0/s1. The van der Waals surface area contributed by atoms with Gasteiger partial charge in [-0.15, -0.1) is 0 Å². The van der Waals surface area contributed by atoms with Gasteiger partial charge in [0.1, 0.15) is 23.7 Å². The van der Waals surface area contributed by atoms with Gasteiger partial charge in [0, 0.05) is 42.8 Å². The lowest BCUT2D eigenvalue weighted by Gasteiger charge is -2.24. The minimum Gasteiger partial charge on any atom is -0.496 e. The molecule has 0 spiro atoms. The van der Waals surface area contributed by atoms with Gasteiger partial charge in [0.05, 0.1) is 12.8 Å². The third kappa shape index (κ3) is 6.34. The van der Waals surface area contributed by atoms with Crippen LogP contribution < -0.4 is 15.4 Å². The monoisotopic (exact) mass is 453 g/mol. The number of hydrogen-bond donors (Lipinski definition) is 3. The molecule has 1 aromatic carbocycles. The molecule has 3 aromatic rings. The van der Waals surface area contributed by atoms with E-state index in [1.54, 1.807) is 19.6 Å². The number of para-hydroxylation sites is 1. The van der Waals surface area contributed by atoms with E-state index in [9.17, 15) is 0 Å². The molecule has 0 bridgehead atoms. The predicted molar refractivity (Wildman–Crippen MR) is 133 cm³/mol. The van der Waals surface area contributed by atoms with E-state index < -0.39 is 0 Å². The maximum absolute atomic E-state index is 8.95. The van der Waals surface area contributed by atoms with Gasteiger partial charge in [-0.2, -0.15) is 11.8 Å². The molecule has 0 aliphatic heterocycles. The maximum Gasteiger partial charge on any atom is 0.129 e. The minimum absolute atomic E-state index is 0.153. The molecular weight excluding hydrogens is 422 g/mol. The van der Waals surface area contributed by atoms with E-state index in [1.165, 1.54) is 5.56 Å². The van der Waals surface area contributed by atoms with E-state index in [2.05, 4.69) is 50.9 Å². The highest BCUT2D eigenvalue weighted by molar-refractivity contribution is 7.99. The first-order valence-electron chi connectivity index (χ1n) is 10.7. The highest BCUT2D eigenvalue weighted by Crippen LogP contribution is 2.33. The summed E-state index contributed by atoms with van der Waals surface area (Å²) in [4.78, 5) is 13.2. The van der Waals surface area contributed by atoms with Gasteiger partial charge in [-0.1, -0.05) is 25.1 Å². The molecule has 2 heterocycles. The van der Waals surface area contributed by atoms with E-state index in [0.717, 1.165) is 35.2 Å². The van der Waals surface area contributed by atoms with Gasteiger partial charge in [0.15, 0.2) is 0 Å². The summed E-state index contributed by atoms with van der Waals surface area (Å²) in [6.45, 7) is 3.82. The Morgan fingerprint density at radius 2 is 1.88 bits per heavy atom. The number of benzene rings is 1. The number of thioether (sulfide) groups is 1. The summed E-state index contributed by atoms with van der Waals surface area (Å²) in [6.07, 6.45) is 6.14. The van der Waals surface area contributed by atoms with Gasteiger partial charge < -0.3 is 20.5 Å². The third-order valence-corrected chi connectivity index (χ3v) is 6.52. The first-order chi connectivity index (χ1) is 15.7. The fourth-order valence-corrected chi connectivity index (χ4v) is 4.31. The number of nitrogens with one attached hydrogen (secondary N) is 2. The molecule has 32 heavy (non-hydrogen) atoms. The summed E-state index contributed by atoms with van der Waals surface area (Å²) in [5, 5.41) is 16.0. The lowest BCUT2D eigenvalue weighted by Crippen LogP contribution is -2.23. The second-order valence-electron chi connectivity index (χ2n) is 7.41. The molecule has 7 nitrogen and oxygen atoms in total. The van der Waals surface area contributed by atoms with Crippen LogP contribution >= 0.6 is 11.8 Å². The van der Waals surface area contributed by atoms with Gasteiger partial charge in [0.2, 0.25) is 0 Å². The molecule has 0 aliphatic rings. The molecule has 0 amide bonds. The van der Waals surface area contributed by atoms with Crippen LogP contribution in [0, 0.1) is 0 Å². The number of pyridine rings is 1. The summed E-state index contributed by atoms with van der Waals surface area (Å²) < 4.78 is 5.56. The van der Waals surface area contributed by atoms with Crippen molar-refractivity contribution in [2.45, 2.75) is 24.5 Å². The molecule has 2 aromatic heterocycles. The number of anilines is 2. The van der Waals surface area contributed by atoms with Gasteiger partial charge in [-0.25, -0.2) is 15.0 Å². The summed E-state index contributed by atoms with van der Waals surface area (Å²) in [7, 11) is 1.72. The second kappa shape index (κ2) is 12.3. The summed E-state index contributed by atoms with van der Waals surface area (Å²) in [6, 6.07) is 14.0. The normalized spacial score (nSPS) is 12.8. The molecule has 0 aliphatic carbocycles. The topological polar surface area (TPSA) is 92.2 Å². The second-order valence-corrected chi connectivity index (χ2v) is 8.48. The number of methoxy groups -OCH3 is 1. The van der Waals surface area contributed by atoms with E-state index >= 15 is 0 Å². The van der Waals surface area contributed by atoms with Crippen LogP contribution in [0.2, 0.25) is 0 Å². The first kappa shape index (κ1) is 23.8. The Morgan fingerprint density at radius 1 is 1.06 bits per heavy atom. The summed E-state index contributed by atoms with van der Waals surface area (Å²) >= 11 is 1.83. The number of hydrogen-bond acceptors (Lipinski definition) is 8. The molecule has 170 valence electrons. The molecule has 3 N–H and O–H groups in total. The van der Waals surface area contributed by atoms with Gasteiger partial charge in [-0.05, 0) is 42.4 Å². The zero-order valence-electron chi connectivity index (χ0n) is 18.8. The quantitative estimate of drug-likeness (QED) is 0.350. The van der Waals surface area contributed by atoms with Crippen LogP contribution in [0.3, 0.4) is 0 Å². The van der Waals surface area contributed by atoms with Crippen LogP contribution in [0.15, 0.2) is 55.0 Å². The Balaban J connectivity index is 1.68. The SMILES string of the molecule is COc1ccccc1[C@H](C)C(CNc1cc(-c2ccnc(NCCCO)c2)ncn1)SC. The van der Waals surface area contributed by atoms with Crippen molar-refractivity contribution in [1.29, 1.82) is 0 Å². The predicted octanol–water partition coefficient (Wildman–Crippen LogP) is 4.29. The molecule has 0 fully saturated rings. The van der Waals surface area contributed by atoms with Crippen LogP contribution in [0.25, 0.3) is 11.3 Å². The number of aliphatic hydroxyl groups is 1. The first-order valence-corrected chi connectivity index (χ1v) is 12.0. The van der Waals surface area contributed by atoms with Gasteiger partial charge >= 0.3 is 0 Å². The Morgan fingerprint density at radius 3 is 2.66 bits per heavy atom. The molecule has 8 heteroatoms. The van der Waals surface area contributed by atoms with Crippen molar-refractivity contribution in [3.63, 3.8) is 0 Å². The fraction of sp³-hybridized carbons (Fsp3) is 0.375. The lowest BCUT2D eigenvalue weighted by molar-refractivity contribution is 0.292. The molecule has 3 rings (SSSR count). The van der Waals surface area contributed by atoms with Crippen LogP contribution in [-0.2, 0) is 0 Å². The number of aliphatic hydroxyl groups excluding tert-OH is 1. The Bertz CT molecular complexity index is 988. The van der Waals surface area contributed by atoms with Crippen molar-refractivity contribution in [2.75, 3.05) is 43.7 Å². The summed E-state index contributed by atoms with van der Waals surface area (Å²) in [5.74, 6) is 2.78. The average molecular weight is 454 g/mol. The van der Waals surface area contributed by atoms with E-state index in [1.807, 2.05) is 42.1 Å². The van der Waals surface area contributed by atoms with Crippen molar-refractivity contribution >= 4 is 23.4 Å². The highest BCUT2D eigenvalue weighted by Gasteiger charge is 2.21. The number of aromatic nitrogens is 3. The average Bonchev–Trinajstić information content (AvgIpc) is 2.85. The van der Waals surface area contributed by atoms with Gasteiger partial charge in [0.25, 0.3) is 0 Å². The zero-order valence-corrected chi connectivity index (χ0v) is 19.6. The molecular formula is C24H31N5O2S. The largest absolute Gasteiger partial charge is 0.496 e. The molecule has 2 atom stereocenters. The van der Waals surface area contributed by atoms with E-state index in [0.29, 0.717) is 24.1 Å². The van der Waals surface area contributed by atoms with Gasteiger partial charge in [-0.3, -0.25) is 0 Å². The van der Waals surface area contributed by atoms with Crippen LogP contribution in [0.5, 0.6) is 5.75 Å². The molecule has 0 saturated carbocycles. The number of nitrogens with zero attached hydrogens (tertiary/aromatic N) is 3. The van der Waals surface area contributed by atoms with Crippen LogP contribution in [0.4, 0.5) is 11.6 Å². The maximum atomic E-state index is 8.95. The van der Waals surface area contributed by atoms with Crippen LogP contribution in [0.1, 0.15) is 24.8 Å². The Labute approximate surface area is 194 Å². The lowest BCUT2D eigenvalue weighted by atomic mass is 9.96. The van der Waals surface area contributed by atoms with Crippen LogP contribution in [-0.4, -0.2) is 58.4 Å². The van der Waals surface area contributed by atoms with Crippen molar-refractivity contribution < 1.29 is 9.84 Å². The Hall–Kier alpha value is -2.84. The molecule has 0 saturated heterocycles. The van der Waals surface area contributed by atoms with Crippen molar-refractivity contribution in [3.05, 3.63) is 60.6 Å². The van der Waals surface area contributed by atoms with E-state index in [4.69, 9.17) is 9.84 Å². The Kier molecular flexibility index (Phi) is 9.13. The molecule has 1 unspecified atom stereocenters. The summed E-state index contributed by atoms with van der Waals surface area (Å²) in [5.41, 5.74) is 2.99. The highest BCUT2D eigenvalue weighted by atomic mass is 32.2. The van der Waals surface area contributed by atoms with Crippen molar-refractivity contribution in [1.82, 2.24) is 15.0 Å². The van der Waals surface area contributed by atoms with Crippen molar-refractivity contribution in [2.24, 2.45) is 0 Å². The smallest absolute Gasteiger partial charge is 0.129 e. The van der Waals surface area contributed by atoms with Crippen molar-refractivity contribution in [3.8, 4) is 17.0 Å². The fourth-order valence-electron chi connectivity index (χ4n) is 3.51. The third-order valence-electron chi connectivity index (χ3n) is 5.34. The number of ether oxygens (including phenoxy) is 1. The molecule has 0 radical (unpaired) electrons. The number of rotatable bonds is 12. The zero-order chi connectivity index (χ0) is 22.8. The minimum atomic E-state index is 0.153. The van der Waals surface area contributed by atoms with E-state index in [-0.39, 0.29) is 6.61 Å².